The van der Waals surface area contributed by atoms with Crippen molar-refractivity contribution in [2.45, 2.75) is 32.6 Å². The fourth-order valence-electron chi connectivity index (χ4n) is 3.63. The maximum Gasteiger partial charge on any atom is 0.272 e. The second-order valence-corrected chi connectivity index (χ2v) is 6.87. The molecule has 1 aliphatic carbocycles. The van der Waals surface area contributed by atoms with Gasteiger partial charge in [-0.2, -0.15) is 5.10 Å². The third kappa shape index (κ3) is 3.24. The predicted molar refractivity (Wildman–Crippen MR) is 98.2 cm³/mol. The quantitative estimate of drug-likeness (QED) is 0.843. The lowest BCUT2D eigenvalue weighted by molar-refractivity contribution is 0.0950. The molecule has 1 amide bonds. The molecule has 0 spiro atoms. The molecule has 5 heteroatoms. The van der Waals surface area contributed by atoms with Crippen LogP contribution in [0.15, 0.2) is 35.9 Å². The number of amides is 1. The van der Waals surface area contributed by atoms with E-state index in [1.165, 1.54) is 16.8 Å². The minimum Gasteiger partial charge on any atom is -0.347 e. The molecule has 1 aliphatic heterocycles. The highest BCUT2D eigenvalue weighted by Crippen LogP contribution is 2.28. The van der Waals surface area contributed by atoms with Crippen molar-refractivity contribution < 1.29 is 4.79 Å². The molecule has 1 aromatic heterocycles. The van der Waals surface area contributed by atoms with Crippen LogP contribution in [-0.2, 0) is 12.8 Å². The van der Waals surface area contributed by atoms with Crippen LogP contribution in [0, 0.1) is 6.92 Å². The summed E-state index contributed by atoms with van der Waals surface area (Å²) < 4.78 is 1.96. The van der Waals surface area contributed by atoms with Gasteiger partial charge in [-0.3, -0.25) is 4.79 Å². The highest BCUT2D eigenvalue weighted by Gasteiger charge is 2.26. The number of rotatable bonds is 4. The summed E-state index contributed by atoms with van der Waals surface area (Å²) in [6.07, 6.45) is 6.18. The van der Waals surface area contributed by atoms with Crippen molar-refractivity contribution in [1.82, 2.24) is 20.4 Å². The number of fused-ring (bicyclic) bond motifs is 1. The van der Waals surface area contributed by atoms with E-state index < -0.39 is 0 Å². The zero-order chi connectivity index (χ0) is 17.2. The molecular weight excluding hydrogens is 312 g/mol. The SMILES string of the molecule is Cc1ccc(-n2nc(C(=O)NCC3=CCNCC3)c3c2CCC3)cc1. The third-order valence-electron chi connectivity index (χ3n) is 5.06. The van der Waals surface area contributed by atoms with Crippen molar-refractivity contribution in [1.29, 1.82) is 0 Å². The van der Waals surface area contributed by atoms with E-state index in [1.807, 2.05) is 4.68 Å². The van der Waals surface area contributed by atoms with Crippen LogP contribution in [-0.4, -0.2) is 35.3 Å². The summed E-state index contributed by atoms with van der Waals surface area (Å²) in [6.45, 7) is 4.57. The molecule has 2 aromatic rings. The lowest BCUT2D eigenvalue weighted by Crippen LogP contribution is -2.30. The molecule has 0 radical (unpaired) electrons. The summed E-state index contributed by atoms with van der Waals surface area (Å²) in [5.74, 6) is -0.0524. The standard InChI is InChI=1S/C20H24N4O/c1-14-5-7-16(8-6-14)24-18-4-2-3-17(18)19(23-24)20(25)22-13-15-9-11-21-12-10-15/h5-9,21H,2-4,10-13H2,1H3,(H,22,25). The van der Waals surface area contributed by atoms with E-state index in [1.54, 1.807) is 0 Å². The highest BCUT2D eigenvalue weighted by atomic mass is 16.1. The van der Waals surface area contributed by atoms with Crippen molar-refractivity contribution in [3.8, 4) is 5.69 Å². The van der Waals surface area contributed by atoms with Gasteiger partial charge in [0.05, 0.1) is 5.69 Å². The molecular formula is C20H24N4O. The third-order valence-corrected chi connectivity index (χ3v) is 5.06. The highest BCUT2D eigenvalue weighted by molar-refractivity contribution is 5.94. The number of carbonyl (C=O) groups is 1. The first-order valence-electron chi connectivity index (χ1n) is 9.07. The molecule has 0 fully saturated rings. The number of aromatic nitrogens is 2. The smallest absolute Gasteiger partial charge is 0.272 e. The fraction of sp³-hybridized carbons (Fsp3) is 0.400. The van der Waals surface area contributed by atoms with Crippen molar-refractivity contribution in [2.75, 3.05) is 19.6 Å². The normalized spacial score (nSPS) is 16.4. The number of nitrogens with zero attached hydrogens (tertiary/aromatic N) is 2. The topological polar surface area (TPSA) is 59.0 Å². The first kappa shape index (κ1) is 16.1. The summed E-state index contributed by atoms with van der Waals surface area (Å²) >= 11 is 0. The van der Waals surface area contributed by atoms with E-state index in [0.29, 0.717) is 12.2 Å². The van der Waals surface area contributed by atoms with E-state index >= 15 is 0 Å². The molecule has 25 heavy (non-hydrogen) atoms. The summed E-state index contributed by atoms with van der Waals surface area (Å²) in [5, 5.41) is 11.0. The second kappa shape index (κ2) is 6.84. The molecule has 2 heterocycles. The van der Waals surface area contributed by atoms with Crippen molar-refractivity contribution in [3.05, 3.63) is 58.4 Å². The van der Waals surface area contributed by atoms with Crippen molar-refractivity contribution in [3.63, 3.8) is 0 Å². The number of benzene rings is 1. The first-order chi connectivity index (χ1) is 12.2. The molecule has 4 rings (SSSR count). The second-order valence-electron chi connectivity index (χ2n) is 6.87. The van der Waals surface area contributed by atoms with Crippen LogP contribution in [0.5, 0.6) is 0 Å². The molecule has 0 saturated carbocycles. The van der Waals surface area contributed by atoms with Crippen LogP contribution >= 0.6 is 0 Å². The van der Waals surface area contributed by atoms with Crippen molar-refractivity contribution in [2.24, 2.45) is 0 Å². The number of carbonyl (C=O) groups excluding carboxylic acids is 1. The van der Waals surface area contributed by atoms with Crippen molar-refractivity contribution >= 4 is 5.91 Å². The average molecular weight is 336 g/mol. The molecule has 0 atom stereocenters. The fourth-order valence-corrected chi connectivity index (χ4v) is 3.63. The van der Waals surface area contributed by atoms with Gasteiger partial charge in [-0.05, 0) is 51.3 Å². The summed E-state index contributed by atoms with van der Waals surface area (Å²) in [7, 11) is 0. The summed E-state index contributed by atoms with van der Waals surface area (Å²) in [6, 6.07) is 8.31. The summed E-state index contributed by atoms with van der Waals surface area (Å²) in [4.78, 5) is 12.7. The van der Waals surface area contributed by atoms with Gasteiger partial charge in [0.15, 0.2) is 5.69 Å². The maximum absolute atomic E-state index is 12.7. The molecule has 130 valence electrons. The Morgan fingerprint density at radius 2 is 2.08 bits per heavy atom. The van der Waals surface area contributed by atoms with E-state index in [4.69, 9.17) is 0 Å². The molecule has 2 N–H and O–H groups in total. The molecule has 0 bridgehead atoms. The van der Waals surface area contributed by atoms with E-state index in [2.05, 4.69) is 53.0 Å². The zero-order valence-corrected chi connectivity index (χ0v) is 14.6. The largest absolute Gasteiger partial charge is 0.347 e. The van der Waals surface area contributed by atoms with Crippen LogP contribution in [0.3, 0.4) is 0 Å². The van der Waals surface area contributed by atoms with Gasteiger partial charge in [0, 0.05) is 24.3 Å². The van der Waals surface area contributed by atoms with Crippen LogP contribution in [0.1, 0.15) is 40.2 Å². The number of nitrogens with one attached hydrogen (secondary N) is 2. The van der Waals surface area contributed by atoms with E-state index in [0.717, 1.165) is 50.0 Å². The Balaban J connectivity index is 1.57. The average Bonchev–Trinajstić information content (AvgIpc) is 3.24. The minimum atomic E-state index is -0.0524. The molecule has 0 unspecified atom stereocenters. The van der Waals surface area contributed by atoms with Gasteiger partial charge in [-0.15, -0.1) is 0 Å². The molecule has 2 aliphatic rings. The number of hydrogen-bond acceptors (Lipinski definition) is 3. The van der Waals surface area contributed by atoms with E-state index in [9.17, 15) is 4.79 Å². The Kier molecular flexibility index (Phi) is 4.40. The Labute approximate surface area is 148 Å². The summed E-state index contributed by atoms with van der Waals surface area (Å²) in [5.41, 5.74) is 6.46. The van der Waals surface area contributed by atoms with Gasteiger partial charge in [-0.25, -0.2) is 4.68 Å². The van der Waals surface area contributed by atoms with Crippen LogP contribution < -0.4 is 10.6 Å². The minimum absolute atomic E-state index is 0.0524. The lowest BCUT2D eigenvalue weighted by Gasteiger charge is -2.14. The first-order valence-corrected chi connectivity index (χ1v) is 9.07. The van der Waals surface area contributed by atoms with Gasteiger partial charge in [0.1, 0.15) is 0 Å². The molecule has 5 nitrogen and oxygen atoms in total. The Hall–Kier alpha value is -2.40. The van der Waals surface area contributed by atoms with E-state index in [-0.39, 0.29) is 5.91 Å². The number of aryl methyl sites for hydroxylation is 1. The van der Waals surface area contributed by atoms with Crippen LogP contribution in [0.25, 0.3) is 5.69 Å². The Morgan fingerprint density at radius 1 is 1.24 bits per heavy atom. The Morgan fingerprint density at radius 3 is 2.84 bits per heavy atom. The Bertz CT molecular complexity index is 817. The van der Waals surface area contributed by atoms with Gasteiger partial charge >= 0.3 is 0 Å². The molecule has 0 saturated heterocycles. The van der Waals surface area contributed by atoms with Crippen LogP contribution in [0.4, 0.5) is 0 Å². The number of hydrogen-bond donors (Lipinski definition) is 2. The zero-order valence-electron chi connectivity index (χ0n) is 14.6. The van der Waals surface area contributed by atoms with Gasteiger partial charge in [0.2, 0.25) is 0 Å². The maximum atomic E-state index is 12.7. The van der Waals surface area contributed by atoms with Gasteiger partial charge in [0.25, 0.3) is 5.91 Å². The van der Waals surface area contributed by atoms with Crippen LogP contribution in [0.2, 0.25) is 0 Å². The van der Waals surface area contributed by atoms with Gasteiger partial charge in [-0.1, -0.05) is 29.3 Å². The predicted octanol–water partition coefficient (Wildman–Crippen LogP) is 2.32. The lowest BCUT2D eigenvalue weighted by atomic mass is 10.1. The van der Waals surface area contributed by atoms with Gasteiger partial charge < -0.3 is 10.6 Å². The monoisotopic (exact) mass is 336 g/mol. The molecule has 1 aromatic carbocycles.